The number of ether oxygens (including phenoxy) is 3. The number of methoxy groups -OCH3 is 2. The SMILES string of the molecule is COc1ccc(NC(=O)N2CCCC(Oc3ccc(N(C)C)nn3)C2)cc1OC. The maximum absolute atomic E-state index is 12.7. The Balaban J connectivity index is 1.59. The van der Waals surface area contributed by atoms with E-state index in [1.165, 1.54) is 0 Å². The van der Waals surface area contributed by atoms with Crippen molar-refractivity contribution >= 4 is 17.5 Å². The number of aromatic nitrogens is 2. The summed E-state index contributed by atoms with van der Waals surface area (Å²) in [5.41, 5.74) is 0.640. The predicted octanol–water partition coefficient (Wildman–Crippen LogP) is 2.64. The zero-order valence-corrected chi connectivity index (χ0v) is 17.2. The van der Waals surface area contributed by atoms with Crippen molar-refractivity contribution in [1.82, 2.24) is 15.1 Å². The number of benzene rings is 1. The molecule has 2 aromatic rings. The molecule has 156 valence electrons. The minimum atomic E-state index is -0.181. The number of piperidine rings is 1. The first-order valence-electron chi connectivity index (χ1n) is 9.46. The van der Waals surface area contributed by atoms with Crippen LogP contribution in [0.15, 0.2) is 30.3 Å². The van der Waals surface area contributed by atoms with Crippen molar-refractivity contribution in [3.8, 4) is 17.4 Å². The van der Waals surface area contributed by atoms with Crippen LogP contribution < -0.4 is 24.4 Å². The normalized spacial score (nSPS) is 16.1. The number of nitrogens with zero attached hydrogens (tertiary/aromatic N) is 4. The second-order valence-corrected chi connectivity index (χ2v) is 6.95. The van der Waals surface area contributed by atoms with Gasteiger partial charge in [-0.1, -0.05) is 0 Å². The molecule has 1 atom stereocenters. The Morgan fingerprint density at radius 3 is 2.59 bits per heavy atom. The minimum absolute atomic E-state index is 0.126. The number of urea groups is 1. The molecule has 9 nitrogen and oxygen atoms in total. The number of hydrogen-bond acceptors (Lipinski definition) is 7. The van der Waals surface area contributed by atoms with E-state index in [1.807, 2.05) is 25.1 Å². The predicted molar refractivity (Wildman–Crippen MR) is 110 cm³/mol. The standard InChI is InChI=1S/C20H27N5O4/c1-24(2)18-9-10-19(23-22-18)29-15-6-5-11-25(13-15)20(26)21-14-7-8-16(27-3)17(12-14)28-4/h7-10,12,15H,5-6,11,13H2,1-4H3,(H,21,26). The van der Waals surface area contributed by atoms with E-state index < -0.39 is 0 Å². The van der Waals surface area contributed by atoms with Gasteiger partial charge in [-0.25, -0.2) is 4.79 Å². The lowest BCUT2D eigenvalue weighted by atomic mass is 10.1. The van der Waals surface area contributed by atoms with Gasteiger partial charge < -0.3 is 29.3 Å². The van der Waals surface area contributed by atoms with Gasteiger partial charge >= 0.3 is 6.03 Å². The van der Waals surface area contributed by atoms with E-state index in [0.29, 0.717) is 36.2 Å². The highest BCUT2D eigenvalue weighted by atomic mass is 16.5. The highest BCUT2D eigenvalue weighted by Gasteiger charge is 2.25. The molecule has 1 aliphatic heterocycles. The third-order valence-corrected chi connectivity index (χ3v) is 4.67. The van der Waals surface area contributed by atoms with Gasteiger partial charge in [0.2, 0.25) is 5.88 Å². The van der Waals surface area contributed by atoms with E-state index in [9.17, 15) is 4.79 Å². The van der Waals surface area contributed by atoms with Crippen LogP contribution in [0.3, 0.4) is 0 Å². The summed E-state index contributed by atoms with van der Waals surface area (Å²) in [6.07, 6.45) is 1.59. The van der Waals surface area contributed by atoms with Crippen molar-refractivity contribution in [1.29, 1.82) is 0 Å². The van der Waals surface area contributed by atoms with Crippen molar-refractivity contribution in [3.05, 3.63) is 30.3 Å². The molecular formula is C20H27N5O4. The monoisotopic (exact) mass is 401 g/mol. The van der Waals surface area contributed by atoms with E-state index in [2.05, 4.69) is 15.5 Å². The average Bonchev–Trinajstić information content (AvgIpc) is 2.74. The van der Waals surface area contributed by atoms with Crippen LogP contribution in [0.1, 0.15) is 12.8 Å². The van der Waals surface area contributed by atoms with E-state index in [1.54, 1.807) is 43.4 Å². The van der Waals surface area contributed by atoms with Crippen LogP contribution in [0.2, 0.25) is 0 Å². The summed E-state index contributed by atoms with van der Waals surface area (Å²) in [7, 11) is 6.94. The molecule has 29 heavy (non-hydrogen) atoms. The number of amides is 2. The highest BCUT2D eigenvalue weighted by molar-refractivity contribution is 5.89. The molecule has 0 spiro atoms. The average molecular weight is 401 g/mol. The van der Waals surface area contributed by atoms with Gasteiger partial charge in [0, 0.05) is 38.5 Å². The Hall–Kier alpha value is -3.23. The van der Waals surface area contributed by atoms with Crippen LogP contribution in [-0.2, 0) is 0 Å². The molecule has 9 heteroatoms. The summed E-state index contributed by atoms with van der Waals surface area (Å²) in [5.74, 6) is 2.39. The highest BCUT2D eigenvalue weighted by Crippen LogP contribution is 2.30. The number of carbonyl (C=O) groups is 1. The molecule has 1 aromatic heterocycles. The Kier molecular flexibility index (Phi) is 6.58. The first-order valence-corrected chi connectivity index (χ1v) is 9.46. The van der Waals surface area contributed by atoms with Crippen LogP contribution in [0.4, 0.5) is 16.3 Å². The van der Waals surface area contributed by atoms with E-state index in [4.69, 9.17) is 14.2 Å². The third-order valence-electron chi connectivity index (χ3n) is 4.67. The third kappa shape index (κ3) is 5.18. The summed E-state index contributed by atoms with van der Waals surface area (Å²) < 4.78 is 16.4. The number of rotatable bonds is 6. The van der Waals surface area contributed by atoms with Crippen molar-refractivity contribution < 1.29 is 19.0 Å². The summed E-state index contributed by atoms with van der Waals surface area (Å²) in [6, 6.07) is 8.74. The Morgan fingerprint density at radius 1 is 1.14 bits per heavy atom. The molecular weight excluding hydrogens is 374 g/mol. The maximum Gasteiger partial charge on any atom is 0.321 e. The molecule has 0 bridgehead atoms. The van der Waals surface area contributed by atoms with E-state index in [-0.39, 0.29) is 12.1 Å². The van der Waals surface area contributed by atoms with Gasteiger partial charge in [-0.15, -0.1) is 10.2 Å². The maximum atomic E-state index is 12.7. The molecule has 1 fully saturated rings. The Labute approximate surface area is 170 Å². The van der Waals surface area contributed by atoms with Gasteiger partial charge in [0.25, 0.3) is 0 Å². The second-order valence-electron chi connectivity index (χ2n) is 6.95. The Morgan fingerprint density at radius 2 is 1.93 bits per heavy atom. The van der Waals surface area contributed by atoms with Crippen LogP contribution in [0.5, 0.6) is 17.4 Å². The molecule has 1 saturated heterocycles. The summed E-state index contributed by atoms with van der Waals surface area (Å²) in [4.78, 5) is 16.3. The molecule has 0 aliphatic carbocycles. The lowest BCUT2D eigenvalue weighted by Crippen LogP contribution is -2.46. The van der Waals surface area contributed by atoms with Gasteiger partial charge in [0.1, 0.15) is 6.10 Å². The molecule has 1 aliphatic rings. The summed E-state index contributed by atoms with van der Waals surface area (Å²) in [5, 5.41) is 11.1. The van der Waals surface area contributed by atoms with Crippen LogP contribution in [0.25, 0.3) is 0 Å². The topological polar surface area (TPSA) is 89.1 Å². The van der Waals surface area contributed by atoms with Crippen molar-refractivity contribution in [2.45, 2.75) is 18.9 Å². The molecule has 2 heterocycles. The van der Waals surface area contributed by atoms with E-state index >= 15 is 0 Å². The van der Waals surface area contributed by atoms with Crippen molar-refractivity contribution in [2.75, 3.05) is 51.6 Å². The van der Waals surface area contributed by atoms with Crippen molar-refractivity contribution in [2.24, 2.45) is 0 Å². The fourth-order valence-electron chi connectivity index (χ4n) is 3.12. The lowest BCUT2D eigenvalue weighted by molar-refractivity contribution is 0.102. The molecule has 2 amide bonds. The van der Waals surface area contributed by atoms with Gasteiger partial charge in [-0.05, 0) is 31.0 Å². The quantitative estimate of drug-likeness (QED) is 0.796. The van der Waals surface area contributed by atoms with E-state index in [0.717, 1.165) is 18.7 Å². The van der Waals surface area contributed by atoms with Crippen LogP contribution in [0, 0.1) is 0 Å². The van der Waals surface area contributed by atoms with Crippen LogP contribution in [-0.4, -0.2) is 68.6 Å². The van der Waals surface area contributed by atoms with Gasteiger partial charge in [-0.2, -0.15) is 0 Å². The number of hydrogen-bond donors (Lipinski definition) is 1. The largest absolute Gasteiger partial charge is 0.493 e. The first-order chi connectivity index (χ1) is 14.0. The van der Waals surface area contributed by atoms with Gasteiger partial charge in [0.05, 0.1) is 20.8 Å². The van der Waals surface area contributed by atoms with Crippen LogP contribution >= 0.6 is 0 Å². The fourth-order valence-corrected chi connectivity index (χ4v) is 3.12. The number of carbonyl (C=O) groups excluding carboxylic acids is 1. The second kappa shape index (κ2) is 9.31. The number of nitrogens with one attached hydrogen (secondary N) is 1. The molecule has 1 unspecified atom stereocenters. The van der Waals surface area contributed by atoms with Crippen molar-refractivity contribution in [3.63, 3.8) is 0 Å². The number of anilines is 2. The molecule has 0 saturated carbocycles. The molecule has 1 N–H and O–H groups in total. The number of likely N-dealkylation sites (tertiary alicyclic amines) is 1. The zero-order valence-electron chi connectivity index (χ0n) is 17.2. The zero-order chi connectivity index (χ0) is 20.8. The smallest absolute Gasteiger partial charge is 0.321 e. The van der Waals surface area contributed by atoms with Gasteiger partial charge in [-0.3, -0.25) is 0 Å². The summed E-state index contributed by atoms with van der Waals surface area (Å²) >= 11 is 0. The fraction of sp³-hybridized carbons (Fsp3) is 0.450. The summed E-state index contributed by atoms with van der Waals surface area (Å²) in [6.45, 7) is 1.15. The first kappa shape index (κ1) is 20.5. The van der Waals surface area contributed by atoms with Gasteiger partial charge in [0.15, 0.2) is 17.3 Å². The molecule has 1 aromatic carbocycles. The molecule has 3 rings (SSSR count). The Bertz CT molecular complexity index is 828. The molecule has 0 radical (unpaired) electrons. The lowest BCUT2D eigenvalue weighted by Gasteiger charge is -2.32. The minimum Gasteiger partial charge on any atom is -0.493 e.